The minimum Gasteiger partial charge on any atom is -0.356 e. The van der Waals surface area contributed by atoms with Crippen LogP contribution in [-0.2, 0) is 13.0 Å². The maximum absolute atomic E-state index is 11.6. The van der Waals surface area contributed by atoms with Crippen LogP contribution in [-0.4, -0.2) is 30.7 Å². The maximum atomic E-state index is 11.6. The first-order chi connectivity index (χ1) is 12.3. The Bertz CT molecular complexity index is 700. The van der Waals surface area contributed by atoms with Gasteiger partial charge in [0.05, 0.1) is 0 Å². The summed E-state index contributed by atoms with van der Waals surface area (Å²) in [4.78, 5) is 15.8. The molecule has 1 heterocycles. The van der Waals surface area contributed by atoms with Crippen molar-refractivity contribution in [3.63, 3.8) is 0 Å². The van der Waals surface area contributed by atoms with Crippen molar-refractivity contribution in [1.82, 2.24) is 15.2 Å². The first-order valence-electron chi connectivity index (χ1n) is 8.93. The summed E-state index contributed by atoms with van der Waals surface area (Å²) in [7, 11) is 1.79. The summed E-state index contributed by atoms with van der Waals surface area (Å²) < 4.78 is 1.75. The number of hydrogen-bond acceptors (Lipinski definition) is 2. The zero-order valence-electron chi connectivity index (χ0n) is 15.4. The van der Waals surface area contributed by atoms with Crippen LogP contribution in [0.3, 0.4) is 0 Å². The highest BCUT2D eigenvalue weighted by atomic mass is 127. The average Bonchev–Trinajstić information content (AvgIpc) is 2.65. The summed E-state index contributed by atoms with van der Waals surface area (Å²) in [6.07, 6.45) is 5.93. The number of pyridine rings is 1. The van der Waals surface area contributed by atoms with Crippen molar-refractivity contribution in [1.29, 1.82) is 0 Å². The van der Waals surface area contributed by atoms with E-state index in [9.17, 15) is 4.79 Å². The van der Waals surface area contributed by atoms with Gasteiger partial charge >= 0.3 is 0 Å². The Morgan fingerprint density at radius 2 is 1.65 bits per heavy atom. The van der Waals surface area contributed by atoms with Gasteiger partial charge in [-0.1, -0.05) is 36.4 Å². The number of benzene rings is 1. The summed E-state index contributed by atoms with van der Waals surface area (Å²) in [6, 6.07) is 15.8. The molecule has 0 radical (unpaired) electrons. The fourth-order valence-electron chi connectivity index (χ4n) is 2.62. The van der Waals surface area contributed by atoms with Crippen molar-refractivity contribution in [3.8, 4) is 0 Å². The van der Waals surface area contributed by atoms with Crippen LogP contribution in [0.25, 0.3) is 0 Å². The minimum atomic E-state index is 0. The lowest BCUT2D eigenvalue weighted by molar-refractivity contribution is 0.585. The number of halogens is 1. The number of hydrogen-bond donors (Lipinski definition) is 2. The van der Waals surface area contributed by atoms with Gasteiger partial charge in [-0.05, 0) is 37.3 Å². The van der Waals surface area contributed by atoms with E-state index < -0.39 is 0 Å². The number of aromatic nitrogens is 1. The molecule has 0 saturated carbocycles. The van der Waals surface area contributed by atoms with E-state index in [0.29, 0.717) is 0 Å². The molecule has 1 aromatic heterocycles. The number of aryl methyl sites for hydroxylation is 2. The molecule has 0 bridgehead atoms. The predicted molar refractivity (Wildman–Crippen MR) is 119 cm³/mol. The van der Waals surface area contributed by atoms with Gasteiger partial charge < -0.3 is 15.2 Å². The highest BCUT2D eigenvalue weighted by Gasteiger charge is 1.98. The summed E-state index contributed by atoms with van der Waals surface area (Å²) in [5.41, 5.74) is 1.43. The van der Waals surface area contributed by atoms with Crippen LogP contribution < -0.4 is 16.2 Å². The Morgan fingerprint density at radius 3 is 2.35 bits per heavy atom. The van der Waals surface area contributed by atoms with Gasteiger partial charge in [0.25, 0.3) is 0 Å². The molecule has 2 aromatic rings. The standard InChI is InChI=1S/C20H28N4O.HI/c1-21-20(23-15-9-12-18-10-3-2-4-11-18)22-14-6-8-17-24-16-7-5-13-19(24)25;/h2-5,7,10-11,13,16H,6,8-9,12,14-15,17H2,1H3,(H2,21,22,23);1H. The Balaban J connectivity index is 0.00000338. The van der Waals surface area contributed by atoms with Crippen molar-refractivity contribution in [3.05, 3.63) is 70.6 Å². The predicted octanol–water partition coefficient (Wildman–Crippen LogP) is 3.04. The minimum absolute atomic E-state index is 0. The Morgan fingerprint density at radius 1 is 0.962 bits per heavy atom. The second-order valence-corrected chi connectivity index (χ2v) is 5.95. The summed E-state index contributed by atoms with van der Waals surface area (Å²) in [6.45, 7) is 2.50. The molecule has 2 rings (SSSR count). The monoisotopic (exact) mass is 468 g/mol. The zero-order chi connectivity index (χ0) is 17.7. The summed E-state index contributed by atoms with van der Waals surface area (Å²) in [5, 5.41) is 6.66. The molecule has 6 heteroatoms. The lowest BCUT2D eigenvalue weighted by Crippen LogP contribution is -2.38. The van der Waals surface area contributed by atoms with E-state index in [1.54, 1.807) is 23.7 Å². The van der Waals surface area contributed by atoms with Crippen molar-refractivity contribution in [2.75, 3.05) is 20.1 Å². The lowest BCUT2D eigenvalue weighted by Gasteiger charge is -2.12. The zero-order valence-corrected chi connectivity index (χ0v) is 17.7. The highest BCUT2D eigenvalue weighted by molar-refractivity contribution is 14.0. The second-order valence-electron chi connectivity index (χ2n) is 5.95. The molecule has 0 unspecified atom stereocenters. The van der Waals surface area contributed by atoms with Crippen LogP contribution >= 0.6 is 24.0 Å². The van der Waals surface area contributed by atoms with E-state index >= 15 is 0 Å². The first-order valence-corrected chi connectivity index (χ1v) is 8.93. The normalized spacial score (nSPS) is 10.9. The molecule has 0 amide bonds. The van der Waals surface area contributed by atoms with Gasteiger partial charge in [-0.3, -0.25) is 9.79 Å². The lowest BCUT2D eigenvalue weighted by atomic mass is 10.1. The van der Waals surface area contributed by atoms with Crippen LogP contribution in [0, 0.1) is 0 Å². The van der Waals surface area contributed by atoms with Crippen molar-refractivity contribution in [2.45, 2.75) is 32.2 Å². The molecule has 2 N–H and O–H groups in total. The number of guanidine groups is 1. The van der Waals surface area contributed by atoms with Crippen LogP contribution in [0.2, 0.25) is 0 Å². The molecule has 0 aliphatic carbocycles. The third kappa shape index (κ3) is 8.51. The molecule has 1 aromatic carbocycles. The summed E-state index contributed by atoms with van der Waals surface area (Å²) in [5.74, 6) is 0.838. The van der Waals surface area contributed by atoms with E-state index in [1.165, 1.54) is 5.56 Å². The van der Waals surface area contributed by atoms with Gasteiger partial charge in [-0.2, -0.15) is 0 Å². The van der Waals surface area contributed by atoms with Gasteiger partial charge in [0.15, 0.2) is 5.96 Å². The largest absolute Gasteiger partial charge is 0.356 e. The third-order valence-corrected chi connectivity index (χ3v) is 4.02. The fraction of sp³-hybridized carbons (Fsp3) is 0.400. The smallest absolute Gasteiger partial charge is 0.250 e. The van der Waals surface area contributed by atoms with E-state index in [-0.39, 0.29) is 29.5 Å². The molecule has 0 fully saturated rings. The molecule has 5 nitrogen and oxygen atoms in total. The maximum Gasteiger partial charge on any atom is 0.250 e. The van der Waals surface area contributed by atoms with Crippen LogP contribution in [0.5, 0.6) is 0 Å². The van der Waals surface area contributed by atoms with Gasteiger partial charge in [0.1, 0.15) is 0 Å². The van der Waals surface area contributed by atoms with Crippen molar-refractivity contribution >= 4 is 29.9 Å². The molecule has 0 saturated heterocycles. The van der Waals surface area contributed by atoms with Crippen LogP contribution in [0.15, 0.2) is 64.5 Å². The van der Waals surface area contributed by atoms with E-state index in [2.05, 4.69) is 39.9 Å². The Hall–Kier alpha value is -1.83. The average molecular weight is 468 g/mol. The highest BCUT2D eigenvalue weighted by Crippen LogP contribution is 2.01. The summed E-state index contributed by atoms with van der Waals surface area (Å²) >= 11 is 0. The SMILES string of the molecule is CN=C(NCCCCn1ccccc1=O)NCCCc1ccccc1.I. The van der Waals surface area contributed by atoms with Gasteiger partial charge in [0, 0.05) is 38.9 Å². The van der Waals surface area contributed by atoms with Crippen LogP contribution in [0.1, 0.15) is 24.8 Å². The topological polar surface area (TPSA) is 58.4 Å². The van der Waals surface area contributed by atoms with Gasteiger partial charge in [-0.25, -0.2) is 0 Å². The molecule has 142 valence electrons. The van der Waals surface area contributed by atoms with Crippen molar-refractivity contribution < 1.29 is 0 Å². The van der Waals surface area contributed by atoms with Crippen LogP contribution in [0.4, 0.5) is 0 Å². The molecule has 0 atom stereocenters. The molecular weight excluding hydrogens is 439 g/mol. The molecular formula is C20H29IN4O. The van der Waals surface area contributed by atoms with E-state index in [0.717, 1.165) is 51.3 Å². The number of nitrogens with one attached hydrogen (secondary N) is 2. The van der Waals surface area contributed by atoms with Gasteiger partial charge in [-0.15, -0.1) is 24.0 Å². The number of unbranched alkanes of at least 4 members (excludes halogenated alkanes) is 1. The second kappa shape index (κ2) is 13.4. The Kier molecular flexibility index (Phi) is 11.4. The third-order valence-electron chi connectivity index (χ3n) is 4.02. The molecule has 0 aliphatic rings. The van der Waals surface area contributed by atoms with E-state index in [1.807, 2.05) is 18.3 Å². The van der Waals surface area contributed by atoms with Gasteiger partial charge in [0.2, 0.25) is 5.56 Å². The quantitative estimate of drug-likeness (QED) is 0.258. The Labute approximate surface area is 173 Å². The molecule has 26 heavy (non-hydrogen) atoms. The number of rotatable bonds is 9. The number of nitrogens with zero attached hydrogens (tertiary/aromatic N) is 2. The number of aliphatic imine (C=N–C) groups is 1. The van der Waals surface area contributed by atoms with Crippen molar-refractivity contribution in [2.24, 2.45) is 4.99 Å². The first kappa shape index (κ1) is 22.2. The van der Waals surface area contributed by atoms with E-state index in [4.69, 9.17) is 0 Å². The molecule has 0 spiro atoms. The molecule has 0 aliphatic heterocycles. The fourth-order valence-corrected chi connectivity index (χ4v) is 2.62.